The second-order valence-corrected chi connectivity index (χ2v) is 5.35. The number of carboxylic acid groups (broad SMARTS) is 1. The molecule has 0 spiro atoms. The Labute approximate surface area is 103 Å². The lowest BCUT2D eigenvalue weighted by Gasteiger charge is -2.39. The van der Waals surface area contributed by atoms with Crippen LogP contribution in [0.3, 0.4) is 0 Å². The molecule has 4 nitrogen and oxygen atoms in total. The summed E-state index contributed by atoms with van der Waals surface area (Å²) < 4.78 is 5.30. The van der Waals surface area contributed by atoms with Gasteiger partial charge in [0.25, 0.3) is 0 Å². The van der Waals surface area contributed by atoms with Crippen molar-refractivity contribution in [3.8, 4) is 0 Å². The van der Waals surface area contributed by atoms with Crippen molar-refractivity contribution >= 4 is 5.97 Å². The molecule has 0 bridgehead atoms. The molecule has 0 radical (unpaired) electrons. The molecule has 1 heterocycles. The predicted molar refractivity (Wildman–Crippen MR) is 65.0 cm³/mol. The van der Waals surface area contributed by atoms with E-state index in [1.165, 1.54) is 12.8 Å². The molecule has 98 valence electrons. The number of methoxy groups -OCH3 is 1. The maximum absolute atomic E-state index is 11.6. The van der Waals surface area contributed by atoms with Crippen molar-refractivity contribution in [3.63, 3.8) is 0 Å². The molecule has 2 unspecified atom stereocenters. The average molecular weight is 241 g/mol. The van der Waals surface area contributed by atoms with E-state index in [9.17, 15) is 9.90 Å². The van der Waals surface area contributed by atoms with Gasteiger partial charge in [-0.1, -0.05) is 6.92 Å². The smallest absolute Gasteiger partial charge is 0.324 e. The monoisotopic (exact) mass is 241 g/mol. The van der Waals surface area contributed by atoms with E-state index < -0.39 is 11.5 Å². The first kappa shape index (κ1) is 12.8. The normalized spacial score (nSPS) is 31.6. The summed E-state index contributed by atoms with van der Waals surface area (Å²) in [4.78, 5) is 13.9. The summed E-state index contributed by atoms with van der Waals surface area (Å²) in [7, 11) is 1.71. The van der Waals surface area contributed by atoms with E-state index in [4.69, 9.17) is 4.74 Å². The minimum absolute atomic E-state index is 0.304. The molecule has 0 aromatic carbocycles. The van der Waals surface area contributed by atoms with Gasteiger partial charge >= 0.3 is 5.97 Å². The van der Waals surface area contributed by atoms with E-state index in [0.717, 1.165) is 19.4 Å². The first-order valence-electron chi connectivity index (χ1n) is 6.64. The van der Waals surface area contributed by atoms with Crippen molar-refractivity contribution in [1.29, 1.82) is 0 Å². The Bertz CT molecular complexity index is 290. The molecule has 1 saturated carbocycles. The number of carbonyl (C=O) groups is 1. The summed E-state index contributed by atoms with van der Waals surface area (Å²) >= 11 is 0. The minimum atomic E-state index is -0.653. The van der Waals surface area contributed by atoms with Gasteiger partial charge in [-0.05, 0) is 44.6 Å². The quantitative estimate of drug-likeness (QED) is 0.769. The lowest BCUT2D eigenvalue weighted by atomic mass is 9.91. The van der Waals surface area contributed by atoms with Crippen LogP contribution in [0.1, 0.15) is 39.0 Å². The van der Waals surface area contributed by atoms with E-state index in [-0.39, 0.29) is 0 Å². The van der Waals surface area contributed by atoms with Crippen molar-refractivity contribution in [2.45, 2.75) is 50.6 Å². The van der Waals surface area contributed by atoms with Gasteiger partial charge < -0.3 is 9.84 Å². The van der Waals surface area contributed by atoms with E-state index in [1.807, 2.05) is 6.92 Å². The van der Waals surface area contributed by atoms with Crippen LogP contribution in [0.15, 0.2) is 0 Å². The minimum Gasteiger partial charge on any atom is -0.480 e. The first-order valence-corrected chi connectivity index (χ1v) is 6.64. The van der Waals surface area contributed by atoms with Crippen molar-refractivity contribution in [3.05, 3.63) is 0 Å². The van der Waals surface area contributed by atoms with Crippen molar-refractivity contribution in [1.82, 2.24) is 4.90 Å². The molecular weight excluding hydrogens is 218 g/mol. The first-order chi connectivity index (χ1) is 8.15. The fourth-order valence-corrected chi connectivity index (χ4v) is 3.28. The van der Waals surface area contributed by atoms with Gasteiger partial charge in [0.2, 0.25) is 0 Å². The standard InChI is InChI=1S/C13H23NO3/c1-3-13(12(15)16)7-4-8-14(13)11(9-17-2)10-5-6-10/h10-11H,3-9H2,1-2H3,(H,15,16). The summed E-state index contributed by atoms with van der Waals surface area (Å²) in [5.74, 6) is -0.00224. The van der Waals surface area contributed by atoms with Gasteiger partial charge in [0, 0.05) is 13.2 Å². The summed E-state index contributed by atoms with van der Waals surface area (Å²) in [5, 5.41) is 9.57. The molecule has 1 N–H and O–H groups in total. The average Bonchev–Trinajstić information content (AvgIpc) is 3.04. The Morgan fingerprint density at radius 2 is 2.29 bits per heavy atom. The SMILES string of the molecule is CCC1(C(=O)O)CCCN1C(COC)C1CC1. The van der Waals surface area contributed by atoms with Crippen LogP contribution in [-0.4, -0.2) is 47.8 Å². The third-order valence-corrected chi connectivity index (χ3v) is 4.43. The van der Waals surface area contributed by atoms with Crippen molar-refractivity contribution in [2.75, 3.05) is 20.3 Å². The molecule has 0 amide bonds. The number of ether oxygens (including phenoxy) is 1. The Kier molecular flexibility index (Phi) is 3.73. The van der Waals surface area contributed by atoms with Crippen LogP contribution in [0.4, 0.5) is 0 Å². The van der Waals surface area contributed by atoms with Crippen LogP contribution in [-0.2, 0) is 9.53 Å². The summed E-state index contributed by atoms with van der Waals surface area (Å²) in [6.07, 6.45) is 4.92. The van der Waals surface area contributed by atoms with E-state index in [2.05, 4.69) is 4.90 Å². The van der Waals surface area contributed by atoms with E-state index in [1.54, 1.807) is 7.11 Å². The molecule has 1 aliphatic carbocycles. The molecule has 0 aromatic heterocycles. The predicted octanol–water partition coefficient (Wildman–Crippen LogP) is 1.74. The van der Waals surface area contributed by atoms with Crippen LogP contribution in [0.25, 0.3) is 0 Å². The number of nitrogens with zero attached hydrogens (tertiary/aromatic N) is 1. The zero-order valence-corrected chi connectivity index (χ0v) is 10.8. The topological polar surface area (TPSA) is 49.8 Å². The molecule has 2 fully saturated rings. The highest BCUT2D eigenvalue weighted by atomic mass is 16.5. The molecule has 4 heteroatoms. The second-order valence-electron chi connectivity index (χ2n) is 5.35. The zero-order chi connectivity index (χ0) is 12.5. The number of hydrogen-bond acceptors (Lipinski definition) is 3. The lowest BCUT2D eigenvalue weighted by Crippen LogP contribution is -2.56. The van der Waals surface area contributed by atoms with Gasteiger partial charge in [0.15, 0.2) is 0 Å². The summed E-state index contributed by atoms with van der Waals surface area (Å²) in [6, 6.07) is 0.304. The van der Waals surface area contributed by atoms with E-state index in [0.29, 0.717) is 25.0 Å². The van der Waals surface area contributed by atoms with Crippen LogP contribution in [0.5, 0.6) is 0 Å². The van der Waals surface area contributed by atoms with Crippen LogP contribution < -0.4 is 0 Å². The molecule has 1 aliphatic heterocycles. The molecule has 0 aromatic rings. The highest BCUT2D eigenvalue weighted by Crippen LogP contribution is 2.42. The highest BCUT2D eigenvalue weighted by Gasteiger charge is 2.51. The summed E-state index contributed by atoms with van der Waals surface area (Å²) in [5.41, 5.74) is -0.633. The van der Waals surface area contributed by atoms with Crippen LogP contribution in [0, 0.1) is 5.92 Å². The molecule has 2 rings (SSSR count). The number of hydrogen-bond donors (Lipinski definition) is 1. The Morgan fingerprint density at radius 3 is 2.76 bits per heavy atom. The van der Waals surface area contributed by atoms with Gasteiger partial charge in [-0.25, -0.2) is 0 Å². The molecular formula is C13H23NO3. The van der Waals surface area contributed by atoms with Gasteiger partial charge in [-0.3, -0.25) is 9.69 Å². The molecule has 1 saturated heterocycles. The van der Waals surface area contributed by atoms with E-state index >= 15 is 0 Å². The number of carboxylic acids is 1. The lowest BCUT2D eigenvalue weighted by molar-refractivity contribution is -0.152. The fourth-order valence-electron chi connectivity index (χ4n) is 3.28. The van der Waals surface area contributed by atoms with Gasteiger partial charge in [0.05, 0.1) is 6.61 Å². The highest BCUT2D eigenvalue weighted by molar-refractivity contribution is 5.79. The third-order valence-electron chi connectivity index (χ3n) is 4.43. The number of aliphatic carboxylic acids is 1. The largest absolute Gasteiger partial charge is 0.480 e. The van der Waals surface area contributed by atoms with Gasteiger partial charge in [-0.15, -0.1) is 0 Å². The number of rotatable bonds is 6. The Morgan fingerprint density at radius 1 is 1.59 bits per heavy atom. The second kappa shape index (κ2) is 4.94. The van der Waals surface area contributed by atoms with Crippen LogP contribution in [0.2, 0.25) is 0 Å². The zero-order valence-electron chi connectivity index (χ0n) is 10.8. The third kappa shape index (κ3) is 2.20. The van der Waals surface area contributed by atoms with Gasteiger partial charge in [0.1, 0.15) is 5.54 Å². The van der Waals surface area contributed by atoms with Crippen LogP contribution >= 0.6 is 0 Å². The van der Waals surface area contributed by atoms with Gasteiger partial charge in [-0.2, -0.15) is 0 Å². The van der Waals surface area contributed by atoms with Crippen molar-refractivity contribution in [2.24, 2.45) is 5.92 Å². The maximum atomic E-state index is 11.6. The molecule has 2 atom stereocenters. The molecule has 2 aliphatic rings. The summed E-state index contributed by atoms with van der Waals surface area (Å²) in [6.45, 7) is 3.56. The molecule has 17 heavy (non-hydrogen) atoms. The number of likely N-dealkylation sites (tertiary alicyclic amines) is 1. The van der Waals surface area contributed by atoms with Crippen molar-refractivity contribution < 1.29 is 14.6 Å². The fraction of sp³-hybridized carbons (Fsp3) is 0.923. The Hall–Kier alpha value is -0.610. The Balaban J connectivity index is 2.18. The maximum Gasteiger partial charge on any atom is 0.324 e.